The maximum absolute atomic E-state index is 13.1. The van der Waals surface area contributed by atoms with Crippen LogP contribution in [0, 0.1) is 5.92 Å². The van der Waals surface area contributed by atoms with Gasteiger partial charge in [-0.05, 0) is 43.4 Å². The molecule has 2 aliphatic rings. The molecule has 4 rings (SSSR count). The number of furan rings is 1. The van der Waals surface area contributed by atoms with E-state index < -0.39 is 0 Å². The summed E-state index contributed by atoms with van der Waals surface area (Å²) in [5.74, 6) is 1.13. The van der Waals surface area contributed by atoms with Gasteiger partial charge in [-0.3, -0.25) is 9.59 Å². The Balaban J connectivity index is 1.44. The molecule has 0 bridgehead atoms. The van der Waals surface area contributed by atoms with Crippen molar-refractivity contribution in [3.63, 3.8) is 0 Å². The molecule has 0 radical (unpaired) electrons. The average molecular weight is 396 g/mol. The van der Waals surface area contributed by atoms with Crippen LogP contribution >= 0.6 is 0 Å². The molecule has 154 valence electrons. The summed E-state index contributed by atoms with van der Waals surface area (Å²) in [5, 5.41) is 0. The highest BCUT2D eigenvalue weighted by molar-refractivity contribution is 5.95. The SMILES string of the molecule is CC(=O)N1CC[C@@H](CN(C)C(=O)c2ccoc2CN2c3ccccc3C[C@H]2C)C1. The maximum Gasteiger partial charge on any atom is 0.257 e. The summed E-state index contributed by atoms with van der Waals surface area (Å²) < 4.78 is 5.74. The number of anilines is 1. The van der Waals surface area contributed by atoms with Crippen molar-refractivity contribution in [1.82, 2.24) is 9.80 Å². The number of benzene rings is 1. The monoisotopic (exact) mass is 395 g/mol. The van der Waals surface area contributed by atoms with Gasteiger partial charge in [0.05, 0.1) is 18.4 Å². The van der Waals surface area contributed by atoms with Gasteiger partial charge in [0.1, 0.15) is 5.76 Å². The topological polar surface area (TPSA) is 57.0 Å². The molecule has 1 aromatic carbocycles. The first-order chi connectivity index (χ1) is 13.9. The second kappa shape index (κ2) is 7.93. The molecule has 6 heteroatoms. The Kier molecular flexibility index (Phi) is 5.35. The zero-order chi connectivity index (χ0) is 20.5. The van der Waals surface area contributed by atoms with E-state index in [1.807, 2.05) is 11.9 Å². The normalized spacial score (nSPS) is 20.8. The van der Waals surface area contributed by atoms with Crippen LogP contribution in [-0.4, -0.2) is 54.3 Å². The Labute approximate surface area is 172 Å². The van der Waals surface area contributed by atoms with Gasteiger partial charge in [0, 0.05) is 45.3 Å². The van der Waals surface area contributed by atoms with E-state index in [-0.39, 0.29) is 11.8 Å². The number of fused-ring (bicyclic) bond motifs is 1. The minimum absolute atomic E-state index is 0.0184. The zero-order valence-corrected chi connectivity index (χ0v) is 17.4. The fourth-order valence-corrected chi connectivity index (χ4v) is 4.62. The minimum Gasteiger partial charge on any atom is -0.467 e. The summed E-state index contributed by atoms with van der Waals surface area (Å²) in [6.45, 7) is 6.56. The van der Waals surface area contributed by atoms with E-state index in [2.05, 4.69) is 36.1 Å². The number of hydrogen-bond donors (Lipinski definition) is 0. The van der Waals surface area contributed by atoms with Crippen LogP contribution in [0.4, 0.5) is 5.69 Å². The summed E-state index contributed by atoms with van der Waals surface area (Å²) in [6.07, 6.45) is 3.56. The number of carbonyl (C=O) groups is 2. The molecule has 0 N–H and O–H groups in total. The fraction of sp³-hybridized carbons (Fsp3) is 0.478. The number of carbonyl (C=O) groups excluding carboxylic acids is 2. The van der Waals surface area contributed by atoms with Crippen molar-refractivity contribution in [2.45, 2.75) is 39.3 Å². The third kappa shape index (κ3) is 3.88. The van der Waals surface area contributed by atoms with E-state index in [0.717, 1.165) is 25.9 Å². The van der Waals surface area contributed by atoms with Crippen LogP contribution in [0.25, 0.3) is 0 Å². The number of rotatable bonds is 5. The van der Waals surface area contributed by atoms with E-state index in [4.69, 9.17) is 4.42 Å². The first kappa shape index (κ1) is 19.6. The second-order valence-electron chi connectivity index (χ2n) is 8.37. The molecule has 2 atom stereocenters. The molecule has 2 aliphatic heterocycles. The highest BCUT2D eigenvalue weighted by Gasteiger charge is 2.30. The van der Waals surface area contributed by atoms with Gasteiger partial charge in [-0.15, -0.1) is 0 Å². The molecular formula is C23H29N3O3. The lowest BCUT2D eigenvalue weighted by atomic mass is 10.1. The molecule has 0 unspecified atom stereocenters. The summed E-state index contributed by atoms with van der Waals surface area (Å²) in [5.41, 5.74) is 3.19. The lowest BCUT2D eigenvalue weighted by molar-refractivity contribution is -0.127. The van der Waals surface area contributed by atoms with Gasteiger partial charge in [0.25, 0.3) is 5.91 Å². The predicted octanol–water partition coefficient (Wildman–Crippen LogP) is 3.17. The van der Waals surface area contributed by atoms with Crippen LogP contribution < -0.4 is 4.90 Å². The molecule has 29 heavy (non-hydrogen) atoms. The summed E-state index contributed by atoms with van der Waals surface area (Å²) in [7, 11) is 1.84. The van der Waals surface area contributed by atoms with Gasteiger partial charge in [-0.25, -0.2) is 0 Å². The van der Waals surface area contributed by atoms with Crippen LogP contribution in [0.3, 0.4) is 0 Å². The van der Waals surface area contributed by atoms with Gasteiger partial charge >= 0.3 is 0 Å². The molecular weight excluding hydrogens is 366 g/mol. The Morgan fingerprint density at radius 3 is 2.79 bits per heavy atom. The molecule has 3 heterocycles. The first-order valence-corrected chi connectivity index (χ1v) is 10.4. The summed E-state index contributed by atoms with van der Waals surface area (Å²) in [6, 6.07) is 10.6. The van der Waals surface area contributed by atoms with Crippen molar-refractivity contribution in [3.8, 4) is 0 Å². The van der Waals surface area contributed by atoms with Gasteiger partial charge < -0.3 is 19.1 Å². The Morgan fingerprint density at radius 2 is 2.03 bits per heavy atom. The van der Waals surface area contributed by atoms with E-state index >= 15 is 0 Å². The van der Waals surface area contributed by atoms with Crippen molar-refractivity contribution in [2.24, 2.45) is 5.92 Å². The molecule has 0 spiro atoms. The van der Waals surface area contributed by atoms with Crippen LogP contribution in [0.15, 0.2) is 41.0 Å². The van der Waals surface area contributed by atoms with Crippen molar-refractivity contribution < 1.29 is 14.0 Å². The average Bonchev–Trinajstić information content (AvgIpc) is 3.41. The lowest BCUT2D eigenvalue weighted by Gasteiger charge is -2.25. The molecule has 0 saturated carbocycles. The molecule has 6 nitrogen and oxygen atoms in total. The number of likely N-dealkylation sites (tertiary alicyclic amines) is 1. The van der Waals surface area contributed by atoms with Gasteiger partial charge in [-0.2, -0.15) is 0 Å². The van der Waals surface area contributed by atoms with E-state index in [1.165, 1.54) is 11.3 Å². The van der Waals surface area contributed by atoms with E-state index in [1.54, 1.807) is 24.2 Å². The third-order valence-corrected chi connectivity index (χ3v) is 6.25. The molecule has 2 amide bonds. The molecule has 2 aromatic rings. The van der Waals surface area contributed by atoms with Crippen LogP contribution in [0.2, 0.25) is 0 Å². The highest BCUT2D eigenvalue weighted by atomic mass is 16.3. The van der Waals surface area contributed by atoms with Crippen LogP contribution in [0.5, 0.6) is 0 Å². The smallest absolute Gasteiger partial charge is 0.257 e. The van der Waals surface area contributed by atoms with E-state index in [0.29, 0.717) is 36.4 Å². The Morgan fingerprint density at radius 1 is 1.24 bits per heavy atom. The molecule has 1 aromatic heterocycles. The van der Waals surface area contributed by atoms with Crippen molar-refractivity contribution in [2.75, 3.05) is 31.6 Å². The van der Waals surface area contributed by atoms with E-state index in [9.17, 15) is 9.59 Å². The lowest BCUT2D eigenvalue weighted by Crippen LogP contribution is -2.35. The van der Waals surface area contributed by atoms with Gasteiger partial charge in [-0.1, -0.05) is 18.2 Å². The Bertz CT molecular complexity index is 906. The summed E-state index contributed by atoms with van der Waals surface area (Å²) in [4.78, 5) is 30.6. The second-order valence-corrected chi connectivity index (χ2v) is 8.37. The fourth-order valence-electron chi connectivity index (χ4n) is 4.62. The maximum atomic E-state index is 13.1. The third-order valence-electron chi connectivity index (χ3n) is 6.25. The molecule has 1 saturated heterocycles. The number of para-hydroxylation sites is 1. The van der Waals surface area contributed by atoms with Crippen LogP contribution in [-0.2, 0) is 17.8 Å². The molecule has 0 aliphatic carbocycles. The number of nitrogens with zero attached hydrogens (tertiary/aromatic N) is 3. The largest absolute Gasteiger partial charge is 0.467 e. The van der Waals surface area contributed by atoms with Crippen molar-refractivity contribution in [3.05, 3.63) is 53.5 Å². The number of hydrogen-bond acceptors (Lipinski definition) is 4. The Hall–Kier alpha value is -2.76. The van der Waals surface area contributed by atoms with Gasteiger partial charge in [0.15, 0.2) is 0 Å². The molecule has 1 fully saturated rings. The minimum atomic E-state index is -0.0184. The first-order valence-electron chi connectivity index (χ1n) is 10.4. The van der Waals surface area contributed by atoms with Crippen molar-refractivity contribution in [1.29, 1.82) is 0 Å². The number of amides is 2. The zero-order valence-electron chi connectivity index (χ0n) is 17.4. The van der Waals surface area contributed by atoms with Gasteiger partial charge in [0.2, 0.25) is 5.91 Å². The van der Waals surface area contributed by atoms with Crippen molar-refractivity contribution >= 4 is 17.5 Å². The summed E-state index contributed by atoms with van der Waals surface area (Å²) >= 11 is 0. The standard InChI is InChI=1S/C23H29N3O3/c1-16-12-19-6-4-5-7-21(19)26(16)15-22-20(9-11-29-22)23(28)24(3)13-18-8-10-25(14-18)17(2)27/h4-7,9,11,16,18H,8,10,12-15H2,1-3H3/t16-,18+/m1/s1. The van der Waals surface area contributed by atoms with Crippen LogP contribution in [0.1, 0.15) is 41.9 Å². The highest BCUT2D eigenvalue weighted by Crippen LogP contribution is 2.33. The quantitative estimate of drug-likeness (QED) is 0.780. The predicted molar refractivity (Wildman–Crippen MR) is 112 cm³/mol.